The third kappa shape index (κ3) is 4.87. The van der Waals surface area contributed by atoms with Gasteiger partial charge >= 0.3 is 0 Å². The van der Waals surface area contributed by atoms with Crippen molar-refractivity contribution in [1.29, 1.82) is 5.26 Å². The Hall–Kier alpha value is -1.62. The second kappa shape index (κ2) is 7.09. The molecule has 0 saturated heterocycles. The van der Waals surface area contributed by atoms with E-state index in [1.165, 1.54) is 7.05 Å². The number of nitriles is 1. The minimum Gasteiger partial charge on any atom is -0.497 e. The van der Waals surface area contributed by atoms with E-state index < -0.39 is 10.2 Å². The maximum absolute atomic E-state index is 11.8. The Balaban J connectivity index is 2.57. The molecule has 0 aliphatic carbocycles. The van der Waals surface area contributed by atoms with Gasteiger partial charge in [0.1, 0.15) is 5.75 Å². The molecule has 104 valence electrons. The van der Waals surface area contributed by atoms with Gasteiger partial charge in [0.05, 0.1) is 13.2 Å². The first kappa shape index (κ1) is 15.4. The van der Waals surface area contributed by atoms with Crippen LogP contribution < -0.4 is 9.46 Å². The predicted octanol–water partition coefficient (Wildman–Crippen LogP) is 0.875. The van der Waals surface area contributed by atoms with Crippen LogP contribution in [0.3, 0.4) is 0 Å². The molecule has 1 N–H and O–H groups in total. The molecule has 0 aliphatic rings. The van der Waals surface area contributed by atoms with Gasteiger partial charge in [-0.3, -0.25) is 0 Å². The Labute approximate surface area is 113 Å². The third-order valence-electron chi connectivity index (χ3n) is 2.57. The fraction of sp³-hybridized carbons (Fsp3) is 0.417. The summed E-state index contributed by atoms with van der Waals surface area (Å²) in [5.41, 5.74) is 0.832. The lowest BCUT2D eigenvalue weighted by atomic mass is 10.2. The van der Waals surface area contributed by atoms with E-state index in [4.69, 9.17) is 10.00 Å². The molecule has 7 heteroatoms. The first-order valence-electron chi connectivity index (χ1n) is 5.70. The minimum atomic E-state index is -3.55. The van der Waals surface area contributed by atoms with Crippen molar-refractivity contribution in [3.05, 3.63) is 29.8 Å². The summed E-state index contributed by atoms with van der Waals surface area (Å²) in [6, 6.07) is 9.02. The summed E-state index contributed by atoms with van der Waals surface area (Å²) < 4.78 is 32.2. The Morgan fingerprint density at radius 3 is 2.53 bits per heavy atom. The Morgan fingerprint density at radius 2 is 2.00 bits per heavy atom. The van der Waals surface area contributed by atoms with Crippen molar-refractivity contribution in [2.24, 2.45) is 0 Å². The summed E-state index contributed by atoms with van der Waals surface area (Å²) in [5.74, 6) is 0.720. The molecule has 0 unspecified atom stereocenters. The molecule has 0 radical (unpaired) electrons. The summed E-state index contributed by atoms with van der Waals surface area (Å²) in [6.07, 6.45) is 0.167. The topological polar surface area (TPSA) is 82.4 Å². The zero-order valence-electron chi connectivity index (χ0n) is 11.0. The molecule has 0 atom stereocenters. The maximum atomic E-state index is 11.8. The normalized spacial score (nSPS) is 11.3. The van der Waals surface area contributed by atoms with E-state index in [-0.39, 0.29) is 19.5 Å². The number of ether oxygens (including phenoxy) is 1. The van der Waals surface area contributed by atoms with Crippen molar-refractivity contribution in [2.45, 2.75) is 13.0 Å². The highest BCUT2D eigenvalue weighted by Gasteiger charge is 2.16. The third-order valence-corrected chi connectivity index (χ3v) is 4.08. The molecule has 1 rings (SSSR count). The van der Waals surface area contributed by atoms with Crippen LogP contribution in [0.4, 0.5) is 0 Å². The van der Waals surface area contributed by atoms with Crippen molar-refractivity contribution in [1.82, 2.24) is 9.03 Å². The predicted molar refractivity (Wildman–Crippen MR) is 71.6 cm³/mol. The molecule has 1 aromatic carbocycles. The van der Waals surface area contributed by atoms with Crippen LogP contribution in [0.5, 0.6) is 5.75 Å². The highest BCUT2D eigenvalue weighted by atomic mass is 32.2. The van der Waals surface area contributed by atoms with E-state index in [2.05, 4.69) is 4.72 Å². The lowest BCUT2D eigenvalue weighted by Crippen LogP contribution is -2.38. The van der Waals surface area contributed by atoms with Crippen LogP contribution in [0.1, 0.15) is 12.0 Å². The summed E-state index contributed by atoms with van der Waals surface area (Å²) >= 11 is 0. The summed E-state index contributed by atoms with van der Waals surface area (Å²) in [7, 11) is -0.536. The molecular weight excluding hydrogens is 266 g/mol. The first-order chi connectivity index (χ1) is 8.99. The minimum absolute atomic E-state index is 0.167. The fourth-order valence-corrected chi connectivity index (χ4v) is 2.26. The number of hydrogen-bond acceptors (Lipinski definition) is 4. The van der Waals surface area contributed by atoms with E-state index in [0.29, 0.717) is 0 Å². The van der Waals surface area contributed by atoms with Gasteiger partial charge in [-0.2, -0.15) is 22.7 Å². The molecule has 0 bridgehead atoms. The molecule has 19 heavy (non-hydrogen) atoms. The van der Waals surface area contributed by atoms with E-state index in [1.807, 2.05) is 6.07 Å². The van der Waals surface area contributed by atoms with Crippen molar-refractivity contribution < 1.29 is 13.2 Å². The Bertz CT molecular complexity index is 534. The second-order valence-electron chi connectivity index (χ2n) is 3.90. The molecule has 0 fully saturated rings. The number of nitrogens with one attached hydrogen (secondary N) is 1. The molecule has 0 aromatic heterocycles. The number of benzene rings is 1. The largest absolute Gasteiger partial charge is 0.497 e. The lowest BCUT2D eigenvalue weighted by Gasteiger charge is -2.16. The second-order valence-corrected chi connectivity index (χ2v) is 5.77. The van der Waals surface area contributed by atoms with Crippen LogP contribution >= 0.6 is 0 Å². The lowest BCUT2D eigenvalue weighted by molar-refractivity contribution is 0.414. The highest BCUT2D eigenvalue weighted by molar-refractivity contribution is 7.87. The quantitative estimate of drug-likeness (QED) is 0.805. The van der Waals surface area contributed by atoms with E-state index in [9.17, 15) is 8.42 Å². The van der Waals surface area contributed by atoms with Crippen LogP contribution in [-0.4, -0.2) is 33.4 Å². The monoisotopic (exact) mass is 283 g/mol. The highest BCUT2D eigenvalue weighted by Crippen LogP contribution is 2.11. The van der Waals surface area contributed by atoms with Crippen molar-refractivity contribution in [2.75, 3.05) is 20.7 Å². The van der Waals surface area contributed by atoms with Crippen LogP contribution in [0.2, 0.25) is 0 Å². The van der Waals surface area contributed by atoms with Crippen molar-refractivity contribution in [3.63, 3.8) is 0 Å². The van der Waals surface area contributed by atoms with Crippen LogP contribution in [0, 0.1) is 11.3 Å². The van der Waals surface area contributed by atoms with Crippen molar-refractivity contribution >= 4 is 10.2 Å². The van der Waals surface area contributed by atoms with Gasteiger partial charge in [-0.1, -0.05) is 12.1 Å². The average Bonchev–Trinajstić information content (AvgIpc) is 2.43. The van der Waals surface area contributed by atoms with Gasteiger partial charge < -0.3 is 4.74 Å². The standard InChI is InChI=1S/C12H17N3O3S/c1-15(9-3-8-13)19(16,17)14-10-11-4-6-12(18-2)7-5-11/h4-7,14H,3,9-10H2,1-2H3. The van der Waals surface area contributed by atoms with Crippen LogP contribution in [0.25, 0.3) is 0 Å². The van der Waals surface area contributed by atoms with Crippen LogP contribution in [-0.2, 0) is 16.8 Å². The number of nitrogens with zero attached hydrogens (tertiary/aromatic N) is 2. The van der Waals surface area contributed by atoms with Crippen molar-refractivity contribution in [3.8, 4) is 11.8 Å². The molecule has 0 spiro atoms. The molecule has 0 heterocycles. The van der Waals surface area contributed by atoms with Gasteiger partial charge in [-0.05, 0) is 17.7 Å². The van der Waals surface area contributed by atoms with Gasteiger partial charge in [0.25, 0.3) is 10.2 Å². The van der Waals surface area contributed by atoms with E-state index >= 15 is 0 Å². The first-order valence-corrected chi connectivity index (χ1v) is 7.14. The van der Waals surface area contributed by atoms with Gasteiger partial charge in [0.15, 0.2) is 0 Å². The maximum Gasteiger partial charge on any atom is 0.279 e. The fourth-order valence-electron chi connectivity index (χ4n) is 1.36. The molecular formula is C12H17N3O3S. The molecule has 0 saturated carbocycles. The number of methoxy groups -OCH3 is 1. The molecule has 0 amide bonds. The van der Waals surface area contributed by atoms with Crippen LogP contribution in [0.15, 0.2) is 24.3 Å². The molecule has 0 aliphatic heterocycles. The van der Waals surface area contributed by atoms with Gasteiger partial charge in [0, 0.05) is 26.6 Å². The van der Waals surface area contributed by atoms with E-state index in [1.54, 1.807) is 31.4 Å². The average molecular weight is 283 g/mol. The summed E-state index contributed by atoms with van der Waals surface area (Å²) in [5, 5.41) is 8.43. The summed E-state index contributed by atoms with van der Waals surface area (Å²) in [6.45, 7) is 0.373. The zero-order valence-corrected chi connectivity index (χ0v) is 11.8. The number of rotatable bonds is 7. The van der Waals surface area contributed by atoms with Gasteiger partial charge in [-0.25, -0.2) is 0 Å². The Morgan fingerprint density at radius 1 is 1.37 bits per heavy atom. The van der Waals surface area contributed by atoms with Gasteiger partial charge in [0.2, 0.25) is 0 Å². The molecule has 6 nitrogen and oxygen atoms in total. The van der Waals surface area contributed by atoms with E-state index in [0.717, 1.165) is 15.6 Å². The molecule has 1 aromatic rings. The number of hydrogen-bond donors (Lipinski definition) is 1. The smallest absolute Gasteiger partial charge is 0.279 e. The SMILES string of the molecule is COc1ccc(CNS(=O)(=O)N(C)CCC#N)cc1. The zero-order chi connectivity index (χ0) is 14.3. The van der Waals surface area contributed by atoms with Gasteiger partial charge in [-0.15, -0.1) is 0 Å². The Kier molecular flexibility index (Phi) is 5.76. The summed E-state index contributed by atoms with van der Waals surface area (Å²) in [4.78, 5) is 0.